The number of carbonyl (C=O) groups is 1. The molecule has 0 bridgehead atoms. The number of hydrogen-bond donors (Lipinski definition) is 0. The van der Waals surface area contributed by atoms with Crippen LogP contribution < -0.4 is 0 Å². The van der Waals surface area contributed by atoms with Gasteiger partial charge >= 0.3 is 0 Å². The fourth-order valence-corrected chi connectivity index (χ4v) is 2.59. The van der Waals surface area contributed by atoms with E-state index in [0.29, 0.717) is 12.5 Å². The maximum absolute atomic E-state index is 12.1. The summed E-state index contributed by atoms with van der Waals surface area (Å²) in [6.45, 7) is 7.36. The van der Waals surface area contributed by atoms with Crippen molar-refractivity contribution in [2.45, 2.75) is 19.8 Å². The lowest BCUT2D eigenvalue weighted by Crippen LogP contribution is -2.33. The van der Waals surface area contributed by atoms with E-state index in [1.165, 1.54) is 0 Å². The van der Waals surface area contributed by atoms with E-state index in [2.05, 4.69) is 25.7 Å². The molecule has 2 atom stereocenters. The van der Waals surface area contributed by atoms with Crippen molar-refractivity contribution in [3.63, 3.8) is 0 Å². The minimum absolute atomic E-state index is 0.221. The fourth-order valence-electron chi connectivity index (χ4n) is 2.59. The molecule has 1 fully saturated rings. The maximum Gasteiger partial charge on any atom is 0.232 e. The third-order valence-corrected chi connectivity index (χ3v) is 3.53. The van der Waals surface area contributed by atoms with E-state index in [4.69, 9.17) is 0 Å². The van der Waals surface area contributed by atoms with Gasteiger partial charge in [-0.1, -0.05) is 18.2 Å². The average molecular weight is 191 g/mol. The van der Waals surface area contributed by atoms with Gasteiger partial charge in [0.25, 0.3) is 0 Å². The lowest BCUT2D eigenvalue weighted by atomic mass is 9.74. The highest BCUT2D eigenvalue weighted by Crippen LogP contribution is 2.43. The van der Waals surface area contributed by atoms with E-state index in [1.54, 1.807) is 0 Å². The highest BCUT2D eigenvalue weighted by Gasteiger charge is 2.48. The molecule has 2 aliphatic rings. The molecule has 1 saturated heterocycles. The molecule has 2 rings (SSSR count). The molecule has 0 saturated carbocycles. The second kappa shape index (κ2) is 3.26. The van der Waals surface area contributed by atoms with E-state index in [-0.39, 0.29) is 11.3 Å². The normalized spacial score (nSPS) is 35.9. The monoisotopic (exact) mass is 191 g/mol. The number of rotatable bonds is 2. The topological polar surface area (TPSA) is 20.3 Å². The summed E-state index contributed by atoms with van der Waals surface area (Å²) in [5.41, 5.74) is -0.221. The number of nitrogens with zero attached hydrogens (tertiary/aromatic N) is 1. The van der Waals surface area contributed by atoms with Gasteiger partial charge < -0.3 is 4.90 Å². The Morgan fingerprint density at radius 2 is 2.57 bits per heavy atom. The maximum atomic E-state index is 12.1. The van der Waals surface area contributed by atoms with Crippen LogP contribution >= 0.6 is 0 Å². The first-order valence-corrected chi connectivity index (χ1v) is 5.26. The molecule has 0 unspecified atom stereocenters. The molecule has 1 aliphatic carbocycles. The summed E-state index contributed by atoms with van der Waals surface area (Å²) >= 11 is 0. The van der Waals surface area contributed by atoms with E-state index in [9.17, 15) is 4.79 Å². The lowest BCUT2D eigenvalue weighted by molar-refractivity contribution is -0.133. The molecule has 0 radical (unpaired) electrons. The SMILES string of the molecule is C=CCN1C[C@@H]2CCC=C[C@]2(C)C1=O. The second-order valence-electron chi connectivity index (χ2n) is 4.46. The van der Waals surface area contributed by atoms with Crippen molar-refractivity contribution in [3.05, 3.63) is 24.8 Å². The Labute approximate surface area is 85.3 Å². The third-order valence-electron chi connectivity index (χ3n) is 3.53. The minimum Gasteiger partial charge on any atom is -0.338 e. The number of allylic oxidation sites excluding steroid dienone is 1. The van der Waals surface area contributed by atoms with Gasteiger partial charge in [0.2, 0.25) is 5.91 Å². The Kier molecular flexibility index (Phi) is 2.22. The van der Waals surface area contributed by atoms with Crippen LogP contribution in [-0.4, -0.2) is 23.9 Å². The Bertz CT molecular complexity index is 295. The van der Waals surface area contributed by atoms with Gasteiger partial charge in [-0.05, 0) is 25.7 Å². The second-order valence-corrected chi connectivity index (χ2v) is 4.46. The Morgan fingerprint density at radius 3 is 3.21 bits per heavy atom. The summed E-state index contributed by atoms with van der Waals surface area (Å²) in [5, 5.41) is 0. The molecule has 2 heteroatoms. The molecule has 1 heterocycles. The van der Waals surface area contributed by atoms with E-state index < -0.39 is 0 Å². The molecular weight excluding hydrogens is 174 g/mol. The quantitative estimate of drug-likeness (QED) is 0.611. The zero-order valence-electron chi connectivity index (χ0n) is 8.70. The van der Waals surface area contributed by atoms with Gasteiger partial charge in [0, 0.05) is 13.1 Å². The molecule has 76 valence electrons. The van der Waals surface area contributed by atoms with Crippen molar-refractivity contribution in [2.24, 2.45) is 11.3 Å². The van der Waals surface area contributed by atoms with Gasteiger partial charge in [0.15, 0.2) is 0 Å². The number of hydrogen-bond acceptors (Lipinski definition) is 1. The van der Waals surface area contributed by atoms with Gasteiger partial charge in [-0.15, -0.1) is 6.58 Å². The highest BCUT2D eigenvalue weighted by atomic mass is 16.2. The highest BCUT2D eigenvalue weighted by molar-refractivity contribution is 5.87. The van der Waals surface area contributed by atoms with E-state index in [0.717, 1.165) is 19.4 Å². The Hall–Kier alpha value is -1.05. The number of fused-ring (bicyclic) bond motifs is 1. The molecule has 0 N–H and O–H groups in total. The van der Waals surface area contributed by atoms with Crippen molar-refractivity contribution in [1.82, 2.24) is 4.90 Å². The summed E-state index contributed by atoms with van der Waals surface area (Å²) in [6, 6.07) is 0. The molecule has 0 spiro atoms. The van der Waals surface area contributed by atoms with E-state index >= 15 is 0 Å². The number of carbonyl (C=O) groups excluding carboxylic acids is 1. The zero-order valence-corrected chi connectivity index (χ0v) is 8.70. The minimum atomic E-state index is -0.221. The van der Waals surface area contributed by atoms with Gasteiger partial charge in [0.05, 0.1) is 5.41 Å². The lowest BCUT2D eigenvalue weighted by Gasteiger charge is -2.27. The molecule has 1 aliphatic heterocycles. The van der Waals surface area contributed by atoms with Crippen molar-refractivity contribution >= 4 is 5.91 Å². The molecular formula is C12H17NO. The molecule has 14 heavy (non-hydrogen) atoms. The first-order chi connectivity index (χ1) is 6.68. The van der Waals surface area contributed by atoms with Crippen LogP contribution in [0.3, 0.4) is 0 Å². The summed E-state index contributed by atoms with van der Waals surface area (Å²) in [4.78, 5) is 14.0. The van der Waals surface area contributed by atoms with Crippen LogP contribution in [0.25, 0.3) is 0 Å². The fraction of sp³-hybridized carbons (Fsp3) is 0.583. The number of amides is 1. The Morgan fingerprint density at radius 1 is 1.79 bits per heavy atom. The van der Waals surface area contributed by atoms with E-state index in [1.807, 2.05) is 11.0 Å². The first kappa shape index (κ1) is 9.50. The Balaban J connectivity index is 2.24. The molecule has 0 aromatic heterocycles. The van der Waals surface area contributed by atoms with Crippen molar-refractivity contribution in [1.29, 1.82) is 0 Å². The average Bonchev–Trinajstić information content (AvgIpc) is 2.42. The van der Waals surface area contributed by atoms with Crippen molar-refractivity contribution < 1.29 is 4.79 Å². The van der Waals surface area contributed by atoms with Gasteiger partial charge in [-0.3, -0.25) is 4.79 Å². The largest absolute Gasteiger partial charge is 0.338 e. The smallest absolute Gasteiger partial charge is 0.232 e. The zero-order chi connectivity index (χ0) is 10.2. The molecule has 2 nitrogen and oxygen atoms in total. The van der Waals surface area contributed by atoms with Gasteiger partial charge in [0.1, 0.15) is 0 Å². The summed E-state index contributed by atoms with van der Waals surface area (Å²) in [7, 11) is 0. The third kappa shape index (κ3) is 1.21. The van der Waals surface area contributed by atoms with Crippen LogP contribution in [0, 0.1) is 11.3 Å². The summed E-state index contributed by atoms with van der Waals surface area (Å²) in [5.74, 6) is 0.790. The molecule has 1 amide bonds. The van der Waals surface area contributed by atoms with Crippen molar-refractivity contribution in [2.75, 3.05) is 13.1 Å². The molecule has 0 aromatic carbocycles. The predicted molar refractivity (Wildman–Crippen MR) is 56.7 cm³/mol. The van der Waals surface area contributed by atoms with Crippen LogP contribution in [0.2, 0.25) is 0 Å². The van der Waals surface area contributed by atoms with Crippen molar-refractivity contribution in [3.8, 4) is 0 Å². The van der Waals surface area contributed by atoms with Crippen LogP contribution in [0.1, 0.15) is 19.8 Å². The first-order valence-electron chi connectivity index (χ1n) is 5.26. The standard InChI is InChI=1S/C12H17NO/c1-3-8-13-9-10-6-4-5-7-12(10,2)11(13)14/h3,5,7,10H,1,4,6,8-9H2,2H3/t10-,12-/m0/s1. The van der Waals surface area contributed by atoms with Gasteiger partial charge in [-0.25, -0.2) is 0 Å². The van der Waals surface area contributed by atoms with Gasteiger partial charge in [-0.2, -0.15) is 0 Å². The predicted octanol–water partition coefficient (Wildman–Crippen LogP) is 1.99. The number of likely N-dealkylation sites (tertiary alicyclic amines) is 1. The molecule has 0 aromatic rings. The van der Waals surface area contributed by atoms with Crippen LogP contribution in [0.5, 0.6) is 0 Å². The van der Waals surface area contributed by atoms with Crippen LogP contribution in [0.4, 0.5) is 0 Å². The summed E-state index contributed by atoms with van der Waals surface area (Å²) < 4.78 is 0. The summed E-state index contributed by atoms with van der Waals surface area (Å²) in [6.07, 6.45) is 8.32. The van der Waals surface area contributed by atoms with Crippen LogP contribution in [-0.2, 0) is 4.79 Å². The van der Waals surface area contributed by atoms with Crippen LogP contribution in [0.15, 0.2) is 24.8 Å².